The number of rotatable bonds is 4. The summed E-state index contributed by atoms with van der Waals surface area (Å²) in [5, 5.41) is 13.1. The van der Waals surface area contributed by atoms with Crippen LogP contribution in [0.3, 0.4) is 0 Å². The number of ether oxygens (including phenoxy) is 1. The van der Waals surface area contributed by atoms with Crippen molar-refractivity contribution < 1.29 is 14.1 Å². The summed E-state index contributed by atoms with van der Waals surface area (Å²) in [6.45, 7) is 0.455. The minimum atomic E-state index is -0.168. The molecule has 0 saturated carbocycles. The van der Waals surface area contributed by atoms with Crippen LogP contribution in [0.2, 0.25) is 0 Å². The first-order valence-electron chi connectivity index (χ1n) is 8.47. The van der Waals surface area contributed by atoms with Gasteiger partial charge in [0.2, 0.25) is 5.91 Å². The summed E-state index contributed by atoms with van der Waals surface area (Å²) in [6, 6.07) is 16.5. The van der Waals surface area contributed by atoms with Crippen LogP contribution in [0.15, 0.2) is 53.1 Å². The molecular formula is C20H16N4O3. The summed E-state index contributed by atoms with van der Waals surface area (Å²) >= 11 is 0. The fourth-order valence-corrected chi connectivity index (χ4v) is 3.21. The van der Waals surface area contributed by atoms with Gasteiger partial charge in [-0.1, -0.05) is 23.4 Å². The monoisotopic (exact) mass is 360 g/mol. The van der Waals surface area contributed by atoms with Crippen molar-refractivity contribution >= 4 is 11.6 Å². The maximum atomic E-state index is 12.5. The highest BCUT2D eigenvalue weighted by Gasteiger charge is 2.35. The van der Waals surface area contributed by atoms with Crippen LogP contribution in [-0.4, -0.2) is 29.7 Å². The summed E-state index contributed by atoms with van der Waals surface area (Å²) in [5.74, 6) is 1.29. The molecule has 2 aromatic carbocycles. The number of carbonyl (C=O) groups is 1. The van der Waals surface area contributed by atoms with Gasteiger partial charge in [0.05, 0.1) is 24.4 Å². The minimum absolute atomic E-state index is 0.0117. The second-order valence-electron chi connectivity index (χ2n) is 6.23. The van der Waals surface area contributed by atoms with Gasteiger partial charge in [0.1, 0.15) is 5.75 Å². The van der Waals surface area contributed by atoms with E-state index in [1.54, 1.807) is 36.3 Å². The van der Waals surface area contributed by atoms with Crippen molar-refractivity contribution in [2.75, 3.05) is 18.6 Å². The quantitative estimate of drug-likeness (QED) is 0.710. The SMILES string of the molecule is COc1ccccc1N1CC(c2noc(-c3cccc(C#N)c3)n2)CC1=O. The number of benzene rings is 2. The van der Waals surface area contributed by atoms with Crippen molar-refractivity contribution in [1.29, 1.82) is 5.26 Å². The molecule has 3 aromatic rings. The van der Waals surface area contributed by atoms with E-state index in [1.807, 2.05) is 24.3 Å². The lowest BCUT2D eigenvalue weighted by Gasteiger charge is -2.18. The van der Waals surface area contributed by atoms with E-state index in [9.17, 15) is 4.79 Å². The van der Waals surface area contributed by atoms with Crippen LogP contribution in [0.1, 0.15) is 23.7 Å². The Morgan fingerprint density at radius 2 is 2.11 bits per heavy atom. The van der Waals surface area contributed by atoms with Crippen LogP contribution >= 0.6 is 0 Å². The van der Waals surface area contributed by atoms with Gasteiger partial charge < -0.3 is 14.2 Å². The van der Waals surface area contributed by atoms with E-state index in [-0.39, 0.29) is 11.8 Å². The zero-order valence-corrected chi connectivity index (χ0v) is 14.6. The van der Waals surface area contributed by atoms with E-state index < -0.39 is 0 Å². The van der Waals surface area contributed by atoms with Gasteiger partial charge in [0.25, 0.3) is 5.89 Å². The van der Waals surface area contributed by atoms with Gasteiger partial charge in [-0.05, 0) is 30.3 Å². The van der Waals surface area contributed by atoms with Gasteiger partial charge in [-0.15, -0.1) is 0 Å². The van der Waals surface area contributed by atoms with Gasteiger partial charge in [0, 0.05) is 24.4 Å². The summed E-state index contributed by atoms with van der Waals surface area (Å²) < 4.78 is 10.7. The highest BCUT2D eigenvalue weighted by atomic mass is 16.5. The third kappa shape index (κ3) is 3.13. The van der Waals surface area contributed by atoms with Gasteiger partial charge in [-0.3, -0.25) is 4.79 Å². The van der Waals surface area contributed by atoms with Crippen molar-refractivity contribution in [3.63, 3.8) is 0 Å². The number of aromatic nitrogens is 2. The molecule has 0 aliphatic carbocycles. The molecule has 4 rings (SSSR count). The van der Waals surface area contributed by atoms with Gasteiger partial charge in [-0.25, -0.2) is 0 Å². The van der Waals surface area contributed by atoms with E-state index >= 15 is 0 Å². The molecule has 27 heavy (non-hydrogen) atoms. The van der Waals surface area contributed by atoms with Crippen molar-refractivity contribution in [2.24, 2.45) is 0 Å². The Hall–Kier alpha value is -3.66. The first kappa shape index (κ1) is 16.8. The highest BCUT2D eigenvalue weighted by Crippen LogP contribution is 2.36. The Balaban J connectivity index is 1.58. The Kier molecular flexibility index (Phi) is 4.30. The number of hydrogen-bond acceptors (Lipinski definition) is 6. The maximum absolute atomic E-state index is 12.5. The largest absolute Gasteiger partial charge is 0.495 e. The topological polar surface area (TPSA) is 92.2 Å². The van der Waals surface area contributed by atoms with Crippen LogP contribution in [-0.2, 0) is 4.79 Å². The molecule has 7 heteroatoms. The van der Waals surface area contributed by atoms with Crippen molar-refractivity contribution in [2.45, 2.75) is 12.3 Å². The molecule has 0 bridgehead atoms. The number of carbonyl (C=O) groups excluding carboxylic acids is 1. The fourth-order valence-electron chi connectivity index (χ4n) is 3.21. The number of hydrogen-bond donors (Lipinski definition) is 0. The molecule has 7 nitrogen and oxygen atoms in total. The number of anilines is 1. The molecule has 1 fully saturated rings. The normalized spacial score (nSPS) is 16.4. The predicted molar refractivity (Wildman–Crippen MR) is 97.2 cm³/mol. The summed E-state index contributed by atoms with van der Waals surface area (Å²) in [5.41, 5.74) is 1.93. The molecule has 0 N–H and O–H groups in total. The van der Waals surface area contributed by atoms with Gasteiger partial charge in [0.15, 0.2) is 5.82 Å². The third-order valence-electron chi connectivity index (χ3n) is 4.55. The zero-order valence-electron chi connectivity index (χ0n) is 14.6. The molecule has 1 saturated heterocycles. The Morgan fingerprint density at radius 3 is 2.93 bits per heavy atom. The minimum Gasteiger partial charge on any atom is -0.495 e. The van der Waals surface area contributed by atoms with Crippen LogP contribution in [0.4, 0.5) is 5.69 Å². The molecule has 1 amide bonds. The Morgan fingerprint density at radius 1 is 1.26 bits per heavy atom. The molecule has 0 radical (unpaired) electrons. The van der Waals surface area contributed by atoms with Crippen LogP contribution in [0.25, 0.3) is 11.5 Å². The average Bonchev–Trinajstić information content (AvgIpc) is 3.35. The summed E-state index contributed by atoms with van der Waals surface area (Å²) in [6.07, 6.45) is 0.301. The summed E-state index contributed by atoms with van der Waals surface area (Å²) in [7, 11) is 1.58. The van der Waals surface area contributed by atoms with Crippen LogP contribution < -0.4 is 9.64 Å². The van der Waals surface area contributed by atoms with E-state index in [4.69, 9.17) is 14.5 Å². The molecule has 2 heterocycles. The molecule has 1 aromatic heterocycles. The lowest BCUT2D eigenvalue weighted by molar-refractivity contribution is -0.117. The predicted octanol–water partition coefficient (Wildman–Crippen LogP) is 3.14. The van der Waals surface area contributed by atoms with Gasteiger partial charge >= 0.3 is 0 Å². The maximum Gasteiger partial charge on any atom is 0.257 e. The number of amides is 1. The lowest BCUT2D eigenvalue weighted by atomic mass is 10.1. The van der Waals surface area contributed by atoms with Crippen LogP contribution in [0.5, 0.6) is 5.75 Å². The molecule has 0 spiro atoms. The molecule has 1 unspecified atom stereocenters. The van der Waals surface area contributed by atoms with Crippen molar-refractivity contribution in [3.05, 3.63) is 59.9 Å². The average molecular weight is 360 g/mol. The summed E-state index contributed by atoms with van der Waals surface area (Å²) in [4.78, 5) is 18.7. The number of para-hydroxylation sites is 2. The zero-order chi connectivity index (χ0) is 18.8. The molecule has 1 aliphatic rings. The number of nitriles is 1. The molecule has 134 valence electrons. The first-order chi connectivity index (χ1) is 13.2. The van der Waals surface area contributed by atoms with E-state index in [0.717, 1.165) is 5.69 Å². The third-order valence-corrected chi connectivity index (χ3v) is 4.55. The smallest absolute Gasteiger partial charge is 0.257 e. The standard InChI is InChI=1S/C20H16N4O3/c1-26-17-8-3-2-7-16(17)24-12-15(10-18(24)25)19-22-20(27-23-19)14-6-4-5-13(9-14)11-21/h2-9,15H,10,12H2,1H3. The van der Waals surface area contributed by atoms with Crippen molar-refractivity contribution in [1.82, 2.24) is 10.1 Å². The van der Waals surface area contributed by atoms with E-state index in [0.29, 0.717) is 41.6 Å². The van der Waals surface area contributed by atoms with Crippen LogP contribution in [0, 0.1) is 11.3 Å². The number of nitrogens with zero attached hydrogens (tertiary/aromatic N) is 4. The molecule has 1 atom stereocenters. The van der Waals surface area contributed by atoms with Crippen molar-refractivity contribution in [3.8, 4) is 23.3 Å². The fraction of sp³-hybridized carbons (Fsp3) is 0.200. The molecule has 1 aliphatic heterocycles. The molecular weight excluding hydrogens is 344 g/mol. The number of methoxy groups -OCH3 is 1. The Labute approximate surface area is 155 Å². The first-order valence-corrected chi connectivity index (χ1v) is 8.47. The second kappa shape index (κ2) is 6.92. The lowest BCUT2D eigenvalue weighted by Crippen LogP contribution is -2.24. The highest BCUT2D eigenvalue weighted by molar-refractivity contribution is 5.97. The van der Waals surface area contributed by atoms with Gasteiger partial charge in [-0.2, -0.15) is 10.2 Å². The van der Waals surface area contributed by atoms with E-state index in [2.05, 4.69) is 16.2 Å². The Bertz CT molecular complexity index is 1040. The van der Waals surface area contributed by atoms with E-state index in [1.165, 1.54) is 0 Å². The second-order valence-corrected chi connectivity index (χ2v) is 6.23.